The minimum atomic E-state index is -2.04. The second kappa shape index (κ2) is 19.1. The maximum absolute atomic E-state index is 16.6. The van der Waals surface area contributed by atoms with E-state index in [9.17, 15) is 10.2 Å². The third-order valence-corrected chi connectivity index (χ3v) is 14.1. The summed E-state index contributed by atoms with van der Waals surface area (Å²) in [6.07, 6.45) is 3.98. The maximum Gasteiger partial charge on any atom is 0.329 e. The molecule has 8 atom stereocenters. The number of nitrogens with one attached hydrogen (secondary N) is 2. The molecule has 11 nitrogen and oxygen atoms in total. The van der Waals surface area contributed by atoms with Gasteiger partial charge in [-0.15, -0.1) is 0 Å². The van der Waals surface area contributed by atoms with Crippen molar-refractivity contribution in [3.05, 3.63) is 214 Å². The summed E-state index contributed by atoms with van der Waals surface area (Å²) in [5.41, 5.74) is 3.39. The molecule has 4 amide bonds. The van der Waals surface area contributed by atoms with Gasteiger partial charge in [0.1, 0.15) is 23.3 Å². The number of aliphatic hydroxyl groups excluding tert-OH is 1. The lowest BCUT2D eigenvalue weighted by Gasteiger charge is -2.46. The molecule has 1 spiro atoms. The number of nitrogens with zero attached hydrogens (tertiary/aromatic N) is 2. The van der Waals surface area contributed by atoms with Crippen molar-refractivity contribution >= 4 is 29.5 Å². The first kappa shape index (κ1) is 45.0. The van der Waals surface area contributed by atoms with E-state index >= 15 is 19.2 Å². The summed E-state index contributed by atoms with van der Waals surface area (Å²) in [6, 6.07) is 44.3. The van der Waals surface area contributed by atoms with Crippen molar-refractivity contribution in [3.8, 4) is 17.6 Å². The maximum atomic E-state index is 16.6. The van der Waals surface area contributed by atoms with Gasteiger partial charge in [0, 0.05) is 12.1 Å². The van der Waals surface area contributed by atoms with E-state index in [1.807, 2.05) is 109 Å². The molecular formula is C58H52N4O7. The molecule has 2 fully saturated rings. The second-order valence-electron chi connectivity index (χ2n) is 18.2. The first-order valence-electron chi connectivity index (χ1n) is 23.6. The van der Waals surface area contributed by atoms with Gasteiger partial charge < -0.3 is 25.6 Å². The molecule has 3 heterocycles. The highest BCUT2D eigenvalue weighted by molar-refractivity contribution is 6.24. The molecule has 1 aliphatic carbocycles. The number of carbonyl (C=O) groups excluding carboxylic acids is 4. The molecular weight excluding hydrogens is 865 g/mol. The highest BCUT2D eigenvalue weighted by Gasteiger charge is 2.75. The average molecular weight is 917 g/mol. The fourth-order valence-corrected chi connectivity index (χ4v) is 10.9. The number of phenolic OH excluding ortho intramolecular Hbond substituents is 1. The Morgan fingerprint density at radius 3 is 2.04 bits per heavy atom. The summed E-state index contributed by atoms with van der Waals surface area (Å²) in [4.78, 5) is 65.9. The number of ether oxygens (including phenoxy) is 1. The molecule has 0 aromatic heterocycles. The smallest absolute Gasteiger partial charge is 0.329 e. The lowest BCUT2D eigenvalue weighted by Crippen LogP contribution is -2.56. The van der Waals surface area contributed by atoms with Gasteiger partial charge in [0.05, 0.1) is 35.8 Å². The number of allylic oxidation sites excluding steroid dienone is 2. The van der Waals surface area contributed by atoms with Crippen LogP contribution in [0.5, 0.6) is 5.75 Å². The number of benzene rings is 6. The molecule has 10 rings (SSSR count). The molecule has 3 aliphatic heterocycles. The van der Waals surface area contributed by atoms with Crippen LogP contribution in [0.25, 0.3) is 0 Å². The summed E-state index contributed by atoms with van der Waals surface area (Å²) in [5.74, 6) is 2.92. The zero-order valence-electron chi connectivity index (χ0n) is 38.1. The van der Waals surface area contributed by atoms with Crippen molar-refractivity contribution in [2.45, 2.75) is 74.4 Å². The fraction of sp³-hybridized carbons (Fsp3) is 0.241. The number of rotatable bonds is 9. The summed E-state index contributed by atoms with van der Waals surface area (Å²) < 4.78 is 6.58. The summed E-state index contributed by atoms with van der Waals surface area (Å²) in [7, 11) is 0. The molecule has 69 heavy (non-hydrogen) atoms. The molecule has 0 bridgehead atoms. The van der Waals surface area contributed by atoms with E-state index in [2.05, 4.69) is 28.6 Å². The number of amides is 4. The van der Waals surface area contributed by atoms with Crippen LogP contribution in [0.2, 0.25) is 0 Å². The van der Waals surface area contributed by atoms with Crippen LogP contribution in [0.1, 0.15) is 102 Å². The van der Waals surface area contributed by atoms with Crippen LogP contribution in [-0.4, -0.2) is 51.5 Å². The van der Waals surface area contributed by atoms with E-state index in [0.29, 0.717) is 27.8 Å². The van der Waals surface area contributed by atoms with Gasteiger partial charge in [0.2, 0.25) is 11.8 Å². The number of cyclic esters (lactones) is 1. The molecule has 11 heteroatoms. The van der Waals surface area contributed by atoms with E-state index < -0.39 is 71.5 Å². The molecule has 0 saturated carbocycles. The Hall–Kier alpha value is -7.78. The Bertz CT molecular complexity index is 2970. The first-order chi connectivity index (χ1) is 33.6. The van der Waals surface area contributed by atoms with Crippen LogP contribution in [0.4, 0.5) is 10.5 Å². The largest absolute Gasteiger partial charge is 0.508 e. The second-order valence-corrected chi connectivity index (χ2v) is 18.2. The molecule has 0 unspecified atom stereocenters. The van der Waals surface area contributed by atoms with Gasteiger partial charge in [-0.25, -0.2) is 9.69 Å². The molecule has 4 aliphatic rings. The van der Waals surface area contributed by atoms with E-state index in [0.717, 1.165) is 47.3 Å². The summed E-state index contributed by atoms with van der Waals surface area (Å²) in [5, 5.41) is 28.3. The third kappa shape index (κ3) is 8.26. The van der Waals surface area contributed by atoms with E-state index in [1.54, 1.807) is 54.6 Å². The number of hydrogen-bond acceptors (Lipinski definition) is 8. The molecule has 346 valence electrons. The predicted octanol–water partition coefficient (Wildman–Crippen LogP) is 9.23. The Morgan fingerprint density at radius 1 is 0.754 bits per heavy atom. The third-order valence-electron chi connectivity index (χ3n) is 14.1. The standard InChI is InChI=1S/C58H52N4O7/c1-37(40-19-9-3-10-20-40)60-57(68)61-47-34-29-39(28-27-38-17-7-2-8-18-38)35-46(47)58(56(61)67)49(54(65)59-36-48(64)41-21-11-4-12-22-41)51-55(66)69-52(43-25-15-6-16-26-43)50(42-23-13-5-14-24-42)62(51)53(58)44-30-32-45(63)33-31-44/h3-6,9-17,19-26,29-35,37,48-53,63-64H,2,7-8,18,36H2,1H3,(H,59,65)(H,60,68)/t37-,48+,49-,50-,51-,52+,53+,58-/m1/s1. The van der Waals surface area contributed by atoms with Crippen LogP contribution in [0.15, 0.2) is 175 Å². The van der Waals surface area contributed by atoms with Crippen LogP contribution < -0.4 is 15.5 Å². The quantitative estimate of drug-likeness (QED) is 0.0829. The lowest BCUT2D eigenvalue weighted by atomic mass is 9.65. The van der Waals surface area contributed by atoms with Gasteiger partial charge in [-0.05, 0) is 102 Å². The van der Waals surface area contributed by atoms with Gasteiger partial charge in [-0.2, -0.15) is 0 Å². The number of aliphatic hydroxyl groups is 1. The monoisotopic (exact) mass is 916 g/mol. The van der Waals surface area contributed by atoms with Gasteiger partial charge in [0.15, 0.2) is 0 Å². The highest BCUT2D eigenvalue weighted by atomic mass is 16.6. The van der Waals surface area contributed by atoms with Gasteiger partial charge >= 0.3 is 12.0 Å². The normalized spacial score (nSPS) is 23.7. The molecule has 4 N–H and O–H groups in total. The number of aromatic hydroxyl groups is 1. The van der Waals surface area contributed by atoms with Crippen LogP contribution in [0, 0.1) is 17.8 Å². The SMILES string of the molecule is C[C@@H](NC(=O)N1C(=O)[C@@]2(c3cc(C#CC4=CCCCC4)ccc31)[C@H](c1ccc(O)cc1)N1[C@H](c3ccccc3)[C@H](c3ccccc3)OC(=O)[C@H]1[C@@H]2C(=O)NC[C@H](O)c1ccccc1)c1ccccc1. The highest BCUT2D eigenvalue weighted by Crippen LogP contribution is 2.66. The minimum Gasteiger partial charge on any atom is -0.508 e. The Morgan fingerprint density at radius 2 is 1.39 bits per heavy atom. The van der Waals surface area contributed by atoms with Crippen LogP contribution >= 0.6 is 0 Å². The van der Waals surface area contributed by atoms with Crippen molar-refractivity contribution in [2.24, 2.45) is 5.92 Å². The van der Waals surface area contributed by atoms with Gasteiger partial charge in [-0.3, -0.25) is 19.3 Å². The Labute approximate surface area is 401 Å². The predicted molar refractivity (Wildman–Crippen MR) is 261 cm³/mol. The van der Waals surface area contributed by atoms with Gasteiger partial charge in [-0.1, -0.05) is 151 Å². The zero-order valence-corrected chi connectivity index (χ0v) is 38.1. The van der Waals surface area contributed by atoms with E-state index in [1.165, 1.54) is 12.1 Å². The van der Waals surface area contributed by atoms with Crippen molar-refractivity contribution in [2.75, 3.05) is 11.4 Å². The fourth-order valence-electron chi connectivity index (χ4n) is 10.9. The zero-order chi connectivity index (χ0) is 47.6. The van der Waals surface area contributed by atoms with Crippen molar-refractivity contribution in [3.63, 3.8) is 0 Å². The molecule has 0 radical (unpaired) electrons. The molecule has 6 aromatic rings. The van der Waals surface area contributed by atoms with E-state index in [-0.39, 0.29) is 18.0 Å². The number of fused-ring (bicyclic) bond motifs is 3. The number of imide groups is 1. The summed E-state index contributed by atoms with van der Waals surface area (Å²) >= 11 is 0. The summed E-state index contributed by atoms with van der Waals surface area (Å²) in [6.45, 7) is 1.58. The molecule has 2 saturated heterocycles. The van der Waals surface area contributed by atoms with Crippen molar-refractivity contribution < 1.29 is 34.1 Å². The Kier molecular flexibility index (Phi) is 12.4. The average Bonchev–Trinajstić information content (AvgIpc) is 3.85. The van der Waals surface area contributed by atoms with Crippen LogP contribution in [-0.2, 0) is 24.5 Å². The number of morpholine rings is 1. The van der Waals surface area contributed by atoms with Crippen molar-refractivity contribution in [1.82, 2.24) is 15.5 Å². The number of anilines is 1. The number of hydrogen-bond donors (Lipinski definition) is 4. The van der Waals surface area contributed by atoms with E-state index in [4.69, 9.17) is 4.74 Å². The minimum absolute atomic E-state index is 0.0324. The lowest BCUT2D eigenvalue weighted by molar-refractivity contribution is -0.178. The molecule has 6 aromatic carbocycles. The Balaban J connectivity index is 1.23. The van der Waals surface area contributed by atoms with Crippen LogP contribution in [0.3, 0.4) is 0 Å². The number of esters is 1. The number of phenols is 1. The number of carbonyl (C=O) groups is 4. The first-order valence-corrected chi connectivity index (χ1v) is 23.6. The topological polar surface area (TPSA) is 149 Å². The van der Waals surface area contributed by atoms with Gasteiger partial charge in [0.25, 0.3) is 0 Å². The number of urea groups is 1. The van der Waals surface area contributed by atoms with Crippen molar-refractivity contribution in [1.29, 1.82) is 0 Å².